The Labute approximate surface area is 205 Å². The first kappa shape index (κ1) is 25.8. The number of hydrogen-bond donors (Lipinski definition) is 0. The van der Waals surface area contributed by atoms with E-state index in [0.717, 1.165) is 5.56 Å². The molecule has 2 atom stereocenters. The summed E-state index contributed by atoms with van der Waals surface area (Å²) in [5.74, 6) is -2.78. The molecular formula is C25H22Cl2F3NO3. The van der Waals surface area contributed by atoms with Crippen LogP contribution in [0.5, 0.6) is 5.75 Å². The van der Waals surface area contributed by atoms with Crippen LogP contribution in [0.2, 0.25) is 10.2 Å². The van der Waals surface area contributed by atoms with Crippen molar-refractivity contribution in [3.05, 3.63) is 93.2 Å². The number of hydrogen-bond acceptors (Lipinski definition) is 4. The molecule has 0 spiro atoms. The van der Waals surface area contributed by atoms with Crippen molar-refractivity contribution >= 4 is 29.2 Å². The Hall–Kier alpha value is -2.77. The molecule has 1 aromatic heterocycles. The number of carbonyl (C=O) groups excluding carboxylic acids is 1. The number of benzene rings is 2. The number of halogens is 5. The number of rotatable bonds is 8. The molecule has 0 bridgehead atoms. The maximum Gasteiger partial charge on any atom is 0.396 e. The second kappa shape index (κ2) is 11.1. The highest BCUT2D eigenvalue weighted by Gasteiger charge is 2.45. The van der Waals surface area contributed by atoms with Gasteiger partial charge in [-0.05, 0) is 65.9 Å². The number of pyridine rings is 1. The summed E-state index contributed by atoms with van der Waals surface area (Å²) in [5, 5.41) is 0.154. The van der Waals surface area contributed by atoms with Crippen LogP contribution in [0, 0.1) is 0 Å². The topological polar surface area (TPSA) is 48.4 Å². The van der Waals surface area contributed by atoms with Crippen LogP contribution in [0.4, 0.5) is 13.2 Å². The van der Waals surface area contributed by atoms with Gasteiger partial charge in [-0.15, -0.1) is 0 Å². The first-order valence-electron chi connectivity index (χ1n) is 10.5. The number of aromatic nitrogens is 1. The molecule has 0 radical (unpaired) electrons. The van der Waals surface area contributed by atoms with Crippen LogP contribution in [0.3, 0.4) is 0 Å². The zero-order valence-corrected chi connectivity index (χ0v) is 19.9. The maximum absolute atomic E-state index is 14.0. The summed E-state index contributed by atoms with van der Waals surface area (Å²) >= 11 is 12.2. The minimum Gasteiger partial charge on any atom is -0.489 e. The van der Waals surface area contributed by atoms with Gasteiger partial charge in [-0.2, -0.15) is 13.2 Å². The smallest absolute Gasteiger partial charge is 0.396 e. The van der Waals surface area contributed by atoms with E-state index in [-0.39, 0.29) is 22.3 Å². The number of carbonyl (C=O) groups is 1. The average Bonchev–Trinajstić information content (AvgIpc) is 2.77. The number of alkyl halides is 3. The first-order valence-corrected chi connectivity index (χ1v) is 11.2. The van der Waals surface area contributed by atoms with Crippen LogP contribution in [0.25, 0.3) is 0 Å². The molecule has 0 N–H and O–H groups in total. The molecule has 0 saturated carbocycles. The van der Waals surface area contributed by atoms with E-state index >= 15 is 0 Å². The number of esters is 1. The van der Waals surface area contributed by atoms with Gasteiger partial charge < -0.3 is 9.47 Å². The van der Waals surface area contributed by atoms with Crippen molar-refractivity contribution in [3.8, 4) is 5.75 Å². The van der Waals surface area contributed by atoms with Gasteiger partial charge in [0.05, 0.1) is 18.1 Å². The molecule has 3 rings (SSSR count). The van der Waals surface area contributed by atoms with E-state index < -0.39 is 24.0 Å². The fourth-order valence-electron chi connectivity index (χ4n) is 3.64. The molecule has 2 unspecified atom stereocenters. The Balaban J connectivity index is 1.74. The quantitative estimate of drug-likeness (QED) is 0.231. The average molecular weight is 512 g/mol. The lowest BCUT2D eigenvalue weighted by Crippen LogP contribution is -2.26. The normalized spacial score (nSPS) is 13.3. The first-order chi connectivity index (χ1) is 16.1. The molecule has 34 heavy (non-hydrogen) atoms. The lowest BCUT2D eigenvalue weighted by molar-refractivity contribution is -0.154. The Morgan fingerprint density at radius 2 is 1.76 bits per heavy atom. The summed E-state index contributed by atoms with van der Waals surface area (Å²) in [5.41, 5.74) is 1.58. The Kier molecular flexibility index (Phi) is 8.44. The molecule has 0 aliphatic carbocycles. The van der Waals surface area contributed by atoms with E-state index in [2.05, 4.69) is 4.98 Å². The van der Waals surface area contributed by atoms with Gasteiger partial charge in [0.1, 0.15) is 17.5 Å². The predicted octanol–water partition coefficient (Wildman–Crippen LogP) is 7.59. The van der Waals surface area contributed by atoms with Gasteiger partial charge in [0.2, 0.25) is 0 Å². The van der Waals surface area contributed by atoms with Crippen LogP contribution in [-0.4, -0.2) is 23.7 Å². The van der Waals surface area contributed by atoms with Gasteiger partial charge in [-0.1, -0.05) is 48.3 Å². The molecule has 180 valence electrons. The van der Waals surface area contributed by atoms with Crippen molar-refractivity contribution in [1.82, 2.24) is 4.98 Å². The summed E-state index contributed by atoms with van der Waals surface area (Å²) < 4.78 is 52.5. The Bertz CT molecular complexity index is 1140. The third-order valence-corrected chi connectivity index (χ3v) is 5.83. The molecule has 0 fully saturated rings. The molecule has 4 nitrogen and oxygen atoms in total. The summed E-state index contributed by atoms with van der Waals surface area (Å²) in [6.07, 6.45) is -3.26. The van der Waals surface area contributed by atoms with Crippen molar-refractivity contribution in [2.24, 2.45) is 0 Å². The summed E-state index contributed by atoms with van der Waals surface area (Å²) in [6, 6.07) is 13.9. The second-order valence-electron chi connectivity index (χ2n) is 7.61. The number of ether oxygens (including phenoxy) is 2. The van der Waals surface area contributed by atoms with Crippen molar-refractivity contribution in [2.75, 3.05) is 6.61 Å². The minimum absolute atomic E-state index is 0.0101. The molecule has 0 aliphatic heterocycles. The Morgan fingerprint density at radius 1 is 1.06 bits per heavy atom. The van der Waals surface area contributed by atoms with Crippen LogP contribution in [-0.2, 0) is 11.3 Å². The Morgan fingerprint density at radius 3 is 2.35 bits per heavy atom. The largest absolute Gasteiger partial charge is 0.489 e. The standard InChI is InChI=1S/C25H22Cl2F3NO3/c1-3-33-24(32)17-6-4-16(5-7-17)14-34-19-8-9-20(21(26)13-19)15(2)23(25(28,29)30)18-10-11-31-22(27)12-18/h4-13,15,23H,3,14H2,1-2H3. The monoisotopic (exact) mass is 511 g/mol. The maximum atomic E-state index is 14.0. The van der Waals surface area contributed by atoms with Crippen molar-refractivity contribution in [3.63, 3.8) is 0 Å². The van der Waals surface area contributed by atoms with Crippen molar-refractivity contribution in [1.29, 1.82) is 0 Å². The predicted molar refractivity (Wildman–Crippen MR) is 125 cm³/mol. The molecule has 1 heterocycles. The minimum atomic E-state index is -4.52. The molecule has 9 heteroatoms. The third kappa shape index (κ3) is 6.42. The molecular weight excluding hydrogens is 490 g/mol. The zero-order chi connectivity index (χ0) is 24.9. The van der Waals surface area contributed by atoms with Gasteiger partial charge >= 0.3 is 12.1 Å². The van der Waals surface area contributed by atoms with Crippen LogP contribution in [0.15, 0.2) is 60.8 Å². The van der Waals surface area contributed by atoms with Gasteiger partial charge in [0.15, 0.2) is 0 Å². The van der Waals surface area contributed by atoms with E-state index in [1.165, 1.54) is 37.4 Å². The van der Waals surface area contributed by atoms with E-state index in [9.17, 15) is 18.0 Å². The highest BCUT2D eigenvalue weighted by Crippen LogP contribution is 2.46. The highest BCUT2D eigenvalue weighted by atomic mass is 35.5. The number of nitrogens with zero attached hydrogens (tertiary/aromatic N) is 1. The second-order valence-corrected chi connectivity index (χ2v) is 8.40. The molecule has 0 saturated heterocycles. The highest BCUT2D eigenvalue weighted by molar-refractivity contribution is 6.31. The van der Waals surface area contributed by atoms with Gasteiger partial charge in [0.25, 0.3) is 0 Å². The summed E-state index contributed by atoms with van der Waals surface area (Å²) in [4.78, 5) is 15.5. The van der Waals surface area contributed by atoms with Gasteiger partial charge in [-0.25, -0.2) is 9.78 Å². The SMILES string of the molecule is CCOC(=O)c1ccc(COc2ccc(C(C)C(c3ccnc(Cl)c3)C(F)(F)F)c(Cl)c2)cc1. The van der Waals surface area contributed by atoms with Gasteiger partial charge in [0, 0.05) is 11.2 Å². The van der Waals surface area contributed by atoms with Crippen LogP contribution >= 0.6 is 23.2 Å². The van der Waals surface area contributed by atoms with Crippen molar-refractivity contribution in [2.45, 2.75) is 38.5 Å². The van der Waals surface area contributed by atoms with Crippen LogP contribution in [0.1, 0.15) is 52.7 Å². The molecule has 0 aliphatic rings. The third-order valence-electron chi connectivity index (χ3n) is 5.30. The fourth-order valence-corrected chi connectivity index (χ4v) is 4.16. The molecule has 3 aromatic rings. The lowest BCUT2D eigenvalue weighted by atomic mass is 9.82. The summed E-state index contributed by atoms with van der Waals surface area (Å²) in [7, 11) is 0. The van der Waals surface area contributed by atoms with E-state index in [1.54, 1.807) is 37.3 Å². The van der Waals surface area contributed by atoms with E-state index in [1.807, 2.05) is 0 Å². The van der Waals surface area contributed by atoms with Crippen LogP contribution < -0.4 is 4.74 Å². The van der Waals surface area contributed by atoms with Crippen molar-refractivity contribution < 1.29 is 27.4 Å². The molecule has 0 amide bonds. The van der Waals surface area contributed by atoms with E-state index in [4.69, 9.17) is 32.7 Å². The zero-order valence-electron chi connectivity index (χ0n) is 18.4. The lowest BCUT2D eigenvalue weighted by Gasteiger charge is -2.28. The molecule has 2 aromatic carbocycles. The summed E-state index contributed by atoms with van der Waals surface area (Å²) in [6.45, 7) is 3.68. The van der Waals surface area contributed by atoms with E-state index in [0.29, 0.717) is 23.5 Å². The fraction of sp³-hybridized carbons (Fsp3) is 0.280. The van der Waals surface area contributed by atoms with Gasteiger partial charge in [-0.3, -0.25) is 0 Å².